The van der Waals surface area contributed by atoms with Gasteiger partial charge in [0.15, 0.2) is 0 Å². The Labute approximate surface area is 113 Å². The normalized spacial score (nSPS) is 15.0. The van der Waals surface area contributed by atoms with Crippen LogP contribution < -0.4 is 10.6 Å². The number of nitrogens with one attached hydrogen (secondary N) is 2. The monoisotopic (exact) mass is 270 g/mol. The van der Waals surface area contributed by atoms with Gasteiger partial charge in [0.1, 0.15) is 5.82 Å². The predicted molar refractivity (Wildman–Crippen MR) is 73.6 cm³/mol. The maximum absolute atomic E-state index is 13.5. The van der Waals surface area contributed by atoms with E-state index in [4.69, 9.17) is 11.6 Å². The van der Waals surface area contributed by atoms with Gasteiger partial charge < -0.3 is 10.6 Å². The summed E-state index contributed by atoms with van der Waals surface area (Å²) in [5.74, 6) is -0.209. The number of benzene rings is 1. The fourth-order valence-corrected chi connectivity index (χ4v) is 2.17. The highest BCUT2D eigenvalue weighted by Crippen LogP contribution is 2.19. The van der Waals surface area contributed by atoms with Gasteiger partial charge in [-0.05, 0) is 57.5 Å². The summed E-state index contributed by atoms with van der Waals surface area (Å²) in [7, 11) is 0. The van der Waals surface area contributed by atoms with Crippen molar-refractivity contribution in [3.8, 4) is 0 Å². The van der Waals surface area contributed by atoms with E-state index in [2.05, 4.69) is 10.6 Å². The van der Waals surface area contributed by atoms with Crippen LogP contribution in [0.25, 0.3) is 0 Å². The first-order valence-corrected chi connectivity index (χ1v) is 7.02. The molecule has 1 saturated carbocycles. The summed E-state index contributed by atoms with van der Waals surface area (Å²) in [6, 6.07) is 5.61. The van der Waals surface area contributed by atoms with Crippen LogP contribution in [0.3, 0.4) is 0 Å². The van der Waals surface area contributed by atoms with E-state index in [9.17, 15) is 4.39 Å². The van der Waals surface area contributed by atoms with Crippen molar-refractivity contribution in [1.29, 1.82) is 0 Å². The van der Waals surface area contributed by atoms with Crippen molar-refractivity contribution in [2.75, 3.05) is 19.6 Å². The lowest BCUT2D eigenvalue weighted by molar-refractivity contribution is 0.578. The molecular weight excluding hydrogens is 251 g/mol. The summed E-state index contributed by atoms with van der Waals surface area (Å²) in [4.78, 5) is 0. The molecule has 2 N–H and O–H groups in total. The molecule has 0 aliphatic heterocycles. The van der Waals surface area contributed by atoms with Gasteiger partial charge in [-0.2, -0.15) is 0 Å². The molecule has 18 heavy (non-hydrogen) atoms. The quantitative estimate of drug-likeness (QED) is 0.710. The molecule has 0 bridgehead atoms. The third-order valence-electron chi connectivity index (χ3n) is 3.15. The third-order valence-corrected chi connectivity index (χ3v) is 3.51. The Morgan fingerprint density at radius 3 is 2.78 bits per heavy atom. The van der Waals surface area contributed by atoms with Crippen LogP contribution in [0, 0.1) is 5.82 Å². The van der Waals surface area contributed by atoms with Gasteiger partial charge in [0.2, 0.25) is 0 Å². The van der Waals surface area contributed by atoms with E-state index in [1.54, 1.807) is 12.1 Å². The number of hydrogen-bond donors (Lipinski definition) is 2. The standard InChI is InChI=1S/C14H20ClFN2/c15-13-3-1-4-14(16)12(13)7-10-17-8-2-9-18-11-5-6-11/h1,3-4,11,17-18H,2,5-10H2. The van der Waals surface area contributed by atoms with Gasteiger partial charge >= 0.3 is 0 Å². The molecule has 0 atom stereocenters. The smallest absolute Gasteiger partial charge is 0.127 e. The zero-order valence-electron chi connectivity index (χ0n) is 10.5. The Morgan fingerprint density at radius 1 is 1.22 bits per heavy atom. The average molecular weight is 271 g/mol. The lowest BCUT2D eigenvalue weighted by Gasteiger charge is -2.07. The average Bonchev–Trinajstić information content (AvgIpc) is 3.15. The minimum Gasteiger partial charge on any atom is -0.316 e. The van der Waals surface area contributed by atoms with E-state index in [1.165, 1.54) is 18.9 Å². The van der Waals surface area contributed by atoms with Gasteiger partial charge in [0.05, 0.1) is 0 Å². The maximum Gasteiger partial charge on any atom is 0.127 e. The van der Waals surface area contributed by atoms with Crippen LogP contribution in [0.5, 0.6) is 0 Å². The van der Waals surface area contributed by atoms with Gasteiger partial charge in [-0.25, -0.2) is 4.39 Å². The first-order chi connectivity index (χ1) is 8.77. The highest BCUT2D eigenvalue weighted by molar-refractivity contribution is 6.31. The second-order valence-corrected chi connectivity index (χ2v) is 5.19. The lowest BCUT2D eigenvalue weighted by Crippen LogP contribution is -2.24. The highest BCUT2D eigenvalue weighted by atomic mass is 35.5. The van der Waals surface area contributed by atoms with Crippen LogP contribution in [0.15, 0.2) is 18.2 Å². The van der Waals surface area contributed by atoms with Crippen molar-refractivity contribution in [3.05, 3.63) is 34.6 Å². The van der Waals surface area contributed by atoms with Gasteiger partial charge in [-0.15, -0.1) is 0 Å². The maximum atomic E-state index is 13.5. The molecule has 1 aromatic carbocycles. The van der Waals surface area contributed by atoms with Crippen LogP contribution in [0.1, 0.15) is 24.8 Å². The summed E-state index contributed by atoms with van der Waals surface area (Å²) in [5, 5.41) is 7.30. The first-order valence-electron chi connectivity index (χ1n) is 6.64. The van der Waals surface area contributed by atoms with E-state index < -0.39 is 0 Å². The molecule has 0 saturated heterocycles. The topological polar surface area (TPSA) is 24.1 Å². The predicted octanol–water partition coefficient (Wildman–Crippen LogP) is 2.75. The Morgan fingerprint density at radius 2 is 2.06 bits per heavy atom. The molecule has 0 heterocycles. The number of halogens is 2. The second kappa shape index (κ2) is 7.07. The summed E-state index contributed by atoms with van der Waals surface area (Å²) in [6.07, 6.45) is 4.42. The zero-order valence-corrected chi connectivity index (χ0v) is 11.3. The van der Waals surface area contributed by atoms with Crippen molar-refractivity contribution in [1.82, 2.24) is 10.6 Å². The number of hydrogen-bond acceptors (Lipinski definition) is 2. The van der Waals surface area contributed by atoms with Crippen molar-refractivity contribution in [2.24, 2.45) is 0 Å². The van der Waals surface area contributed by atoms with Crippen molar-refractivity contribution >= 4 is 11.6 Å². The Hall–Kier alpha value is -0.640. The van der Waals surface area contributed by atoms with E-state index >= 15 is 0 Å². The van der Waals surface area contributed by atoms with Crippen molar-refractivity contribution in [3.63, 3.8) is 0 Å². The largest absolute Gasteiger partial charge is 0.316 e. The molecule has 0 spiro atoms. The molecule has 1 fully saturated rings. The van der Waals surface area contributed by atoms with Gasteiger partial charge in [0.25, 0.3) is 0 Å². The van der Waals surface area contributed by atoms with Crippen LogP contribution in [-0.4, -0.2) is 25.7 Å². The molecule has 100 valence electrons. The summed E-state index contributed by atoms with van der Waals surface area (Å²) >= 11 is 5.96. The van der Waals surface area contributed by atoms with Crippen molar-refractivity contribution in [2.45, 2.75) is 31.7 Å². The third kappa shape index (κ3) is 4.56. The second-order valence-electron chi connectivity index (χ2n) is 4.78. The summed E-state index contributed by atoms with van der Waals surface area (Å²) < 4.78 is 13.5. The molecule has 2 rings (SSSR count). The Kier molecular flexibility index (Phi) is 5.42. The highest BCUT2D eigenvalue weighted by Gasteiger charge is 2.19. The molecule has 0 radical (unpaired) electrons. The van der Waals surface area contributed by atoms with E-state index in [0.29, 0.717) is 17.0 Å². The van der Waals surface area contributed by atoms with Crippen LogP contribution in [-0.2, 0) is 6.42 Å². The molecule has 2 nitrogen and oxygen atoms in total. The molecule has 0 amide bonds. The van der Waals surface area contributed by atoms with Crippen LogP contribution >= 0.6 is 11.6 Å². The SMILES string of the molecule is Fc1cccc(Cl)c1CCNCCCNC1CC1. The molecule has 4 heteroatoms. The minimum absolute atomic E-state index is 0.209. The van der Waals surface area contributed by atoms with Crippen LogP contribution in [0.4, 0.5) is 4.39 Å². The Balaban J connectivity index is 1.56. The van der Waals surface area contributed by atoms with Crippen molar-refractivity contribution < 1.29 is 4.39 Å². The summed E-state index contributed by atoms with van der Waals surface area (Å²) in [5.41, 5.74) is 0.614. The lowest BCUT2D eigenvalue weighted by atomic mass is 10.1. The van der Waals surface area contributed by atoms with E-state index in [1.807, 2.05) is 0 Å². The molecule has 1 aromatic rings. The first kappa shape index (κ1) is 13.8. The van der Waals surface area contributed by atoms with Gasteiger partial charge in [-0.1, -0.05) is 17.7 Å². The molecule has 1 aliphatic carbocycles. The zero-order chi connectivity index (χ0) is 12.8. The number of rotatable bonds is 8. The fraction of sp³-hybridized carbons (Fsp3) is 0.571. The Bertz CT molecular complexity index is 360. The van der Waals surface area contributed by atoms with Gasteiger partial charge in [-0.3, -0.25) is 0 Å². The molecule has 1 aliphatic rings. The van der Waals surface area contributed by atoms with Crippen LogP contribution in [0.2, 0.25) is 5.02 Å². The van der Waals surface area contributed by atoms with E-state index in [0.717, 1.165) is 32.1 Å². The minimum atomic E-state index is -0.209. The summed E-state index contributed by atoms with van der Waals surface area (Å²) in [6.45, 7) is 2.80. The molecular formula is C14H20ClFN2. The molecule has 0 unspecified atom stereocenters. The fourth-order valence-electron chi connectivity index (χ4n) is 1.92. The molecule has 0 aromatic heterocycles. The van der Waals surface area contributed by atoms with E-state index in [-0.39, 0.29) is 5.82 Å². The van der Waals surface area contributed by atoms with Gasteiger partial charge in [0, 0.05) is 16.6 Å².